The molecule has 0 aliphatic rings. The van der Waals surface area contributed by atoms with E-state index in [-0.39, 0.29) is 22.4 Å². The van der Waals surface area contributed by atoms with Gasteiger partial charge in [-0.25, -0.2) is 37.3 Å². The quantitative estimate of drug-likeness (QED) is 0.394. The molecule has 0 aromatic rings. The summed E-state index contributed by atoms with van der Waals surface area (Å²) >= 11 is 0. The molecule has 0 atom stereocenters. The zero-order valence-electron chi connectivity index (χ0n) is 4.32. The molecule has 75 valence electrons. The van der Waals surface area contributed by atoms with Crippen LogP contribution in [0.15, 0.2) is 0 Å². The predicted octanol–water partition coefficient (Wildman–Crippen LogP) is -9.51. The van der Waals surface area contributed by atoms with Gasteiger partial charge in [0, 0.05) is 22.4 Å². The molecule has 0 saturated carbocycles. The molecule has 0 aromatic carbocycles. The van der Waals surface area contributed by atoms with Gasteiger partial charge in [0.25, 0.3) is 0 Å². The largest absolute Gasteiger partial charge is 0.222 e. The third kappa shape index (κ3) is 891. The molecule has 0 saturated heterocycles. The molecule has 0 aliphatic heterocycles. The second-order valence-electron chi connectivity index (χ2n) is 0.756. The Balaban J connectivity index is -0.000000107. The minimum atomic E-state index is -4.94. The van der Waals surface area contributed by atoms with E-state index >= 15 is 0 Å². The van der Waals surface area contributed by atoms with Gasteiger partial charge in [-0.1, -0.05) is 0 Å². The van der Waals surface area contributed by atoms with Crippen LogP contribution in [0.2, 0.25) is 0 Å². The van der Waals surface area contributed by atoms with E-state index in [4.69, 9.17) is 37.3 Å². The van der Waals surface area contributed by atoms with Crippen molar-refractivity contribution >= 4 is 0 Å². The van der Waals surface area contributed by atoms with Crippen molar-refractivity contribution < 1.29 is 80.1 Å². The third-order valence-electron chi connectivity index (χ3n) is 0. The summed E-state index contributed by atoms with van der Waals surface area (Å²) < 4.78 is 67.9. The fourth-order valence-electron chi connectivity index (χ4n) is 0. The molecule has 0 fully saturated rings. The molecular formula is AgCl2O8-2. The molecule has 0 spiro atoms. The molecule has 0 N–H and O–H groups in total. The van der Waals surface area contributed by atoms with E-state index < -0.39 is 20.5 Å². The van der Waals surface area contributed by atoms with E-state index in [1.165, 1.54) is 0 Å². The van der Waals surface area contributed by atoms with Crippen molar-refractivity contribution in [1.82, 2.24) is 0 Å². The smallest absolute Gasteiger partial charge is 0 e. The first-order valence-corrected chi connectivity index (χ1v) is 3.70. The average molecular weight is 307 g/mol. The van der Waals surface area contributed by atoms with E-state index in [2.05, 4.69) is 0 Å². The van der Waals surface area contributed by atoms with Gasteiger partial charge >= 0.3 is 0 Å². The van der Waals surface area contributed by atoms with Crippen LogP contribution >= 0.6 is 0 Å². The van der Waals surface area contributed by atoms with Crippen LogP contribution in [0.4, 0.5) is 0 Å². The van der Waals surface area contributed by atoms with Crippen LogP contribution in [-0.4, -0.2) is 0 Å². The Bertz CT molecular complexity index is 55.1. The van der Waals surface area contributed by atoms with E-state index in [1.807, 2.05) is 0 Å². The average Bonchev–Trinajstić information content (AvgIpc) is 1.12. The summed E-state index contributed by atoms with van der Waals surface area (Å²) in [7, 11) is -9.89. The standard InChI is InChI=1S/Ag.2ClHO4/c;2*2-1(3,4)5/h;2*(H,2,3,4,5)/p-2. The predicted molar refractivity (Wildman–Crippen MR) is 0 cm³/mol. The summed E-state index contributed by atoms with van der Waals surface area (Å²) in [5.41, 5.74) is 0. The minimum absolute atomic E-state index is 0. The van der Waals surface area contributed by atoms with Crippen molar-refractivity contribution in [2.75, 3.05) is 0 Å². The van der Waals surface area contributed by atoms with Crippen molar-refractivity contribution in [3.05, 3.63) is 0 Å². The number of hydrogen-bond acceptors (Lipinski definition) is 8. The minimum Gasteiger partial charge on any atom is -0.222 e. The summed E-state index contributed by atoms with van der Waals surface area (Å²) in [5.74, 6) is 0. The topological polar surface area (TPSA) is 184 Å². The molecule has 0 amide bonds. The van der Waals surface area contributed by atoms with Gasteiger partial charge in [-0.05, 0) is 0 Å². The molecule has 0 heterocycles. The van der Waals surface area contributed by atoms with Gasteiger partial charge in [-0.15, -0.1) is 20.5 Å². The summed E-state index contributed by atoms with van der Waals surface area (Å²) in [6.45, 7) is 0. The molecule has 1 radical (unpaired) electrons. The Hall–Kier alpha value is 1.00. The van der Waals surface area contributed by atoms with Crippen molar-refractivity contribution in [2.24, 2.45) is 0 Å². The van der Waals surface area contributed by atoms with Crippen molar-refractivity contribution in [3.8, 4) is 0 Å². The van der Waals surface area contributed by atoms with Crippen molar-refractivity contribution in [2.45, 2.75) is 0 Å². The molecule has 0 aliphatic carbocycles. The summed E-state index contributed by atoms with van der Waals surface area (Å²) in [6.07, 6.45) is 0. The van der Waals surface area contributed by atoms with Gasteiger partial charge < -0.3 is 0 Å². The fourth-order valence-corrected chi connectivity index (χ4v) is 0. The van der Waals surface area contributed by atoms with E-state index in [1.54, 1.807) is 0 Å². The number of hydrogen-bond donors (Lipinski definition) is 0. The van der Waals surface area contributed by atoms with E-state index in [9.17, 15) is 0 Å². The summed E-state index contributed by atoms with van der Waals surface area (Å²) in [6, 6.07) is 0. The first-order valence-electron chi connectivity index (χ1n) is 1.23. The molecule has 0 bridgehead atoms. The van der Waals surface area contributed by atoms with Crippen LogP contribution in [0.5, 0.6) is 0 Å². The second-order valence-corrected chi connectivity index (χ2v) is 2.27. The van der Waals surface area contributed by atoms with Gasteiger partial charge in [0.15, 0.2) is 0 Å². The SMILES string of the molecule is [Ag].[O-][Cl+3]([O-])([O-])[O-].[O-][Cl+3]([O-])([O-])[O-]. The zero-order chi connectivity index (χ0) is 9.00. The Kier molecular flexibility index (Phi) is 10.6. The maximum atomic E-state index is 8.49. The Morgan fingerprint density at radius 2 is 0.455 bits per heavy atom. The molecule has 0 rings (SSSR count). The molecule has 11 heavy (non-hydrogen) atoms. The van der Waals surface area contributed by atoms with Crippen LogP contribution in [0.1, 0.15) is 0 Å². The second kappa shape index (κ2) is 6.51. The first kappa shape index (κ1) is 17.9. The van der Waals surface area contributed by atoms with Gasteiger partial charge in [0.05, 0.1) is 0 Å². The Labute approximate surface area is 80.3 Å². The summed E-state index contributed by atoms with van der Waals surface area (Å²) in [4.78, 5) is 0. The van der Waals surface area contributed by atoms with Crippen LogP contribution < -0.4 is 37.3 Å². The van der Waals surface area contributed by atoms with Gasteiger partial charge in [0.1, 0.15) is 0 Å². The molecular weight excluding hydrogens is 307 g/mol. The Morgan fingerprint density at radius 1 is 0.455 bits per heavy atom. The number of halogens is 2. The van der Waals surface area contributed by atoms with Gasteiger partial charge in [0.2, 0.25) is 0 Å². The van der Waals surface area contributed by atoms with Gasteiger partial charge in [-0.2, -0.15) is 0 Å². The maximum absolute atomic E-state index is 8.49. The fraction of sp³-hybridized carbons (Fsp3) is 0. The van der Waals surface area contributed by atoms with Crippen LogP contribution in [0.3, 0.4) is 0 Å². The van der Waals surface area contributed by atoms with Crippen LogP contribution in [0, 0.1) is 20.5 Å². The Morgan fingerprint density at radius 3 is 0.455 bits per heavy atom. The zero-order valence-corrected chi connectivity index (χ0v) is 7.32. The monoisotopic (exact) mass is 305 g/mol. The number of rotatable bonds is 0. The van der Waals surface area contributed by atoms with E-state index in [0.29, 0.717) is 0 Å². The van der Waals surface area contributed by atoms with Gasteiger partial charge in [-0.3, -0.25) is 0 Å². The third-order valence-corrected chi connectivity index (χ3v) is 0. The summed E-state index contributed by atoms with van der Waals surface area (Å²) in [5, 5.41) is 0. The molecule has 0 aromatic heterocycles. The molecule has 0 unspecified atom stereocenters. The van der Waals surface area contributed by atoms with Crippen molar-refractivity contribution in [1.29, 1.82) is 0 Å². The first-order chi connectivity index (χ1) is 4.00. The molecule has 11 heteroatoms. The maximum Gasteiger partial charge on any atom is 0 e. The van der Waals surface area contributed by atoms with Crippen molar-refractivity contribution in [3.63, 3.8) is 0 Å². The molecule has 8 nitrogen and oxygen atoms in total. The van der Waals surface area contributed by atoms with E-state index in [0.717, 1.165) is 0 Å². The van der Waals surface area contributed by atoms with Crippen LogP contribution in [-0.2, 0) is 22.4 Å². The van der Waals surface area contributed by atoms with Crippen LogP contribution in [0.25, 0.3) is 0 Å². The normalized spacial score (nSPS) is 10.9.